The van der Waals surface area contributed by atoms with Crippen LogP contribution in [0, 0.1) is 34.9 Å². The lowest BCUT2D eigenvalue weighted by Gasteiger charge is -2.42. The zero-order valence-corrected chi connectivity index (χ0v) is 33.7. The summed E-state index contributed by atoms with van der Waals surface area (Å²) in [7, 11) is 0. The van der Waals surface area contributed by atoms with Gasteiger partial charge in [-0.1, -0.05) is 17.5 Å². The fourth-order valence-electron chi connectivity index (χ4n) is 9.67. The third-order valence-electron chi connectivity index (χ3n) is 13.0. The van der Waals surface area contributed by atoms with Crippen molar-refractivity contribution in [1.82, 2.24) is 25.0 Å². The molecule has 6 aliphatic rings. The van der Waals surface area contributed by atoms with Gasteiger partial charge in [0.05, 0.1) is 51.3 Å². The van der Waals surface area contributed by atoms with Crippen LogP contribution in [0.4, 0.5) is 10.1 Å². The summed E-state index contributed by atoms with van der Waals surface area (Å²) in [6.07, 6.45) is 6.83. The molecule has 5 amide bonds. The van der Waals surface area contributed by atoms with E-state index in [0.717, 1.165) is 81.1 Å². The van der Waals surface area contributed by atoms with Crippen molar-refractivity contribution in [2.75, 3.05) is 31.1 Å². The molecule has 1 saturated carbocycles. The maximum atomic E-state index is 15.5. The van der Waals surface area contributed by atoms with Crippen LogP contribution in [0.25, 0.3) is 0 Å². The van der Waals surface area contributed by atoms with Gasteiger partial charge in [0.2, 0.25) is 11.8 Å². The molecule has 0 spiro atoms. The lowest BCUT2D eigenvalue weighted by molar-refractivity contribution is -0.136. The number of hydrogen-bond acceptors (Lipinski definition) is 10. The van der Waals surface area contributed by atoms with E-state index in [0.29, 0.717) is 53.3 Å². The van der Waals surface area contributed by atoms with E-state index in [1.807, 2.05) is 21.9 Å². The number of halogens is 2. The van der Waals surface area contributed by atoms with E-state index in [4.69, 9.17) is 26.6 Å². The number of carbonyl (C=O) groups excluding carboxylic acids is 5. The van der Waals surface area contributed by atoms with E-state index >= 15 is 4.39 Å². The lowest BCUT2D eigenvalue weighted by atomic mass is 9.92. The van der Waals surface area contributed by atoms with Crippen molar-refractivity contribution in [1.29, 1.82) is 5.26 Å². The maximum absolute atomic E-state index is 15.5. The van der Waals surface area contributed by atoms with Crippen molar-refractivity contribution in [2.24, 2.45) is 5.92 Å². The molecule has 0 radical (unpaired) electrons. The van der Waals surface area contributed by atoms with E-state index in [1.165, 1.54) is 6.07 Å². The molecule has 0 bridgehead atoms. The van der Waals surface area contributed by atoms with Crippen molar-refractivity contribution in [3.8, 4) is 23.7 Å². The molecule has 1 aliphatic carbocycles. The van der Waals surface area contributed by atoms with Crippen LogP contribution in [-0.2, 0) is 16.1 Å². The van der Waals surface area contributed by atoms with Gasteiger partial charge in [-0.25, -0.2) is 9.37 Å². The Bertz CT molecular complexity index is 2400. The molecule has 1 N–H and O–H groups in total. The number of amides is 5. The number of benzene rings is 2. The summed E-state index contributed by atoms with van der Waals surface area (Å²) in [5.41, 5.74) is 2.78. The van der Waals surface area contributed by atoms with Gasteiger partial charge in [-0.05, 0) is 113 Å². The monoisotopic (exact) mass is 831 g/mol. The molecule has 60 heavy (non-hydrogen) atoms. The zero-order chi connectivity index (χ0) is 41.7. The zero-order valence-electron chi connectivity index (χ0n) is 32.9. The molecular formula is C45H43ClFN7O6. The second-order valence-corrected chi connectivity index (χ2v) is 16.9. The molecule has 3 saturated heterocycles. The van der Waals surface area contributed by atoms with Crippen LogP contribution in [0.2, 0.25) is 5.02 Å². The number of aromatic nitrogens is 1. The number of nitriles is 1. The highest BCUT2D eigenvalue weighted by molar-refractivity contribution is 6.31. The highest BCUT2D eigenvalue weighted by atomic mass is 35.5. The lowest BCUT2D eigenvalue weighted by Crippen LogP contribution is -2.54. The summed E-state index contributed by atoms with van der Waals surface area (Å²) in [4.78, 5) is 75.9. The van der Waals surface area contributed by atoms with E-state index in [2.05, 4.69) is 28.1 Å². The highest BCUT2D eigenvalue weighted by Crippen LogP contribution is 2.36. The van der Waals surface area contributed by atoms with Crippen LogP contribution in [-0.4, -0.2) is 99.6 Å². The summed E-state index contributed by atoms with van der Waals surface area (Å²) < 4.78 is 21.6. The number of anilines is 1. The number of nitrogens with one attached hydrogen (secondary N) is 1. The molecule has 1 atom stereocenters. The Morgan fingerprint density at radius 3 is 2.23 bits per heavy atom. The number of ether oxygens (including phenoxy) is 1. The van der Waals surface area contributed by atoms with Crippen molar-refractivity contribution in [2.45, 2.75) is 95.0 Å². The Labute approximate surface area is 351 Å². The number of likely N-dealkylation sites (tertiary alicyclic amines) is 1. The van der Waals surface area contributed by atoms with Crippen LogP contribution < -0.4 is 15.0 Å². The van der Waals surface area contributed by atoms with Crippen LogP contribution in [0.3, 0.4) is 0 Å². The first-order valence-corrected chi connectivity index (χ1v) is 21.1. The molecule has 9 rings (SSSR count). The van der Waals surface area contributed by atoms with Gasteiger partial charge in [0, 0.05) is 43.6 Å². The Balaban J connectivity index is 0.743. The van der Waals surface area contributed by atoms with Gasteiger partial charge in [0.15, 0.2) is 0 Å². The number of rotatable bonds is 6. The van der Waals surface area contributed by atoms with Gasteiger partial charge in [-0.2, -0.15) is 5.26 Å². The fourth-order valence-corrected chi connectivity index (χ4v) is 9.89. The predicted molar refractivity (Wildman–Crippen MR) is 216 cm³/mol. The molecule has 15 heteroatoms. The summed E-state index contributed by atoms with van der Waals surface area (Å²) in [6.45, 7) is 3.46. The summed E-state index contributed by atoms with van der Waals surface area (Å²) in [6, 6.07) is 12.8. The molecule has 308 valence electrons. The van der Waals surface area contributed by atoms with Crippen molar-refractivity contribution < 1.29 is 33.1 Å². The van der Waals surface area contributed by atoms with E-state index < -0.39 is 35.5 Å². The first kappa shape index (κ1) is 39.6. The first-order chi connectivity index (χ1) is 29.0. The predicted octanol–water partition coefficient (Wildman–Crippen LogP) is 5.23. The smallest absolute Gasteiger partial charge is 0.262 e. The highest BCUT2D eigenvalue weighted by Gasteiger charge is 2.45. The average Bonchev–Trinajstić information content (AvgIpc) is 3.70. The molecule has 2 aromatic carbocycles. The largest absolute Gasteiger partial charge is 0.490 e. The van der Waals surface area contributed by atoms with Crippen LogP contribution in [0.15, 0.2) is 42.5 Å². The SMILES string of the molecule is N#Cc1ccc(OC2CCC(N3Cc4nc(C#CC5CCN(C6CCN(c7cc8c(cc7F)C(=O)N(C7CCC(=O)NC7=O)C8=O)CC6)CC5)ccc4C3=O)CC2)cc1Cl. The second-order valence-electron chi connectivity index (χ2n) is 16.5. The molecule has 1 aromatic heterocycles. The van der Waals surface area contributed by atoms with Crippen molar-refractivity contribution >= 4 is 46.8 Å². The number of fused-ring (bicyclic) bond motifs is 2. The van der Waals surface area contributed by atoms with Gasteiger partial charge < -0.3 is 19.4 Å². The van der Waals surface area contributed by atoms with E-state index in [1.54, 1.807) is 18.2 Å². The van der Waals surface area contributed by atoms with Crippen molar-refractivity contribution in [3.63, 3.8) is 0 Å². The molecule has 3 aromatic rings. The topological polar surface area (TPSA) is 156 Å². The fraction of sp³-hybridized carbons (Fsp3) is 0.444. The van der Waals surface area contributed by atoms with Crippen LogP contribution in [0.1, 0.15) is 112 Å². The van der Waals surface area contributed by atoms with Gasteiger partial charge in [0.25, 0.3) is 17.7 Å². The standard InChI is InChI=1S/C45H43ClFN7O6/c46-36-21-32(7-2-27(36)24-48)60-31-8-5-30(6-9-31)53-25-38-33(43(53)57)10-4-28(49-38)3-1-26-13-17-51(18-14-26)29-15-19-52(20-16-29)40-23-35-34(22-37(40)47)44(58)54(45(35)59)39-11-12-41(55)50-42(39)56/h2,4,7,10,21-23,26,29-31,39H,5-6,8-9,11-20,25H2,(H,50,55,56). The van der Waals surface area contributed by atoms with Gasteiger partial charge >= 0.3 is 0 Å². The van der Waals surface area contributed by atoms with Crippen LogP contribution >= 0.6 is 11.6 Å². The third-order valence-corrected chi connectivity index (χ3v) is 13.3. The molecule has 6 heterocycles. The van der Waals surface area contributed by atoms with Crippen molar-refractivity contribution in [3.05, 3.63) is 86.9 Å². The average molecular weight is 832 g/mol. The number of piperidine rings is 3. The van der Waals surface area contributed by atoms with E-state index in [-0.39, 0.29) is 53.6 Å². The van der Waals surface area contributed by atoms with E-state index in [9.17, 15) is 24.0 Å². The molecule has 5 aliphatic heterocycles. The minimum absolute atomic E-state index is 0.0147. The van der Waals surface area contributed by atoms with Gasteiger partial charge in [-0.3, -0.25) is 34.2 Å². The Morgan fingerprint density at radius 2 is 1.53 bits per heavy atom. The number of imide groups is 2. The Kier molecular flexibility index (Phi) is 10.8. The normalized spacial score (nSPS) is 23.9. The molecule has 1 unspecified atom stereocenters. The molecule has 13 nitrogen and oxygen atoms in total. The minimum atomic E-state index is -1.10. The quantitative estimate of drug-likeness (QED) is 0.258. The molecular weight excluding hydrogens is 789 g/mol. The van der Waals surface area contributed by atoms with Crippen LogP contribution in [0.5, 0.6) is 5.75 Å². The summed E-state index contributed by atoms with van der Waals surface area (Å²) >= 11 is 6.18. The second kappa shape index (κ2) is 16.3. The number of pyridine rings is 1. The van der Waals surface area contributed by atoms with Gasteiger partial charge in [-0.15, -0.1) is 0 Å². The summed E-state index contributed by atoms with van der Waals surface area (Å²) in [5, 5.41) is 11.7. The number of nitrogens with zero attached hydrogens (tertiary/aromatic N) is 6. The number of carbonyl (C=O) groups is 5. The Morgan fingerprint density at radius 1 is 0.800 bits per heavy atom. The Hall–Kier alpha value is -5.83. The maximum Gasteiger partial charge on any atom is 0.262 e. The third kappa shape index (κ3) is 7.59. The minimum Gasteiger partial charge on any atom is -0.490 e. The summed E-state index contributed by atoms with van der Waals surface area (Å²) in [5.74, 6) is 4.51. The molecule has 4 fully saturated rings. The number of hydrogen-bond donors (Lipinski definition) is 1. The first-order valence-electron chi connectivity index (χ1n) is 20.8. The van der Waals surface area contributed by atoms with Gasteiger partial charge in [0.1, 0.15) is 29.4 Å².